The van der Waals surface area contributed by atoms with E-state index in [4.69, 9.17) is 15.6 Å². The van der Waals surface area contributed by atoms with E-state index in [1.54, 1.807) is 19.1 Å². The normalized spacial score (nSPS) is 15.9. The van der Waals surface area contributed by atoms with Crippen LogP contribution in [-0.4, -0.2) is 58.8 Å². The van der Waals surface area contributed by atoms with Crippen molar-refractivity contribution < 1.29 is 29.3 Å². The summed E-state index contributed by atoms with van der Waals surface area (Å²) in [5.74, 6) is -2.11. The summed E-state index contributed by atoms with van der Waals surface area (Å²) in [6, 6.07) is 3.87. The molecule has 0 aliphatic carbocycles. The molecule has 1 aromatic rings. The van der Waals surface area contributed by atoms with Gasteiger partial charge in [0, 0.05) is 0 Å². The summed E-state index contributed by atoms with van der Waals surface area (Å²) < 4.78 is 5.38. The Morgan fingerprint density at radius 3 is 2.07 bits per heavy atom. The van der Waals surface area contributed by atoms with E-state index < -0.39 is 42.0 Å². The molecule has 0 aromatic heterocycles. The second kappa shape index (κ2) is 12.1. The third kappa shape index (κ3) is 7.64. The summed E-state index contributed by atoms with van der Waals surface area (Å²) in [6.07, 6.45) is -0.459. The smallest absolute Gasteiger partial charge is 0.328 e. The average Bonchev–Trinajstić information content (AvgIpc) is 2.70. The molecule has 0 bridgehead atoms. The summed E-state index contributed by atoms with van der Waals surface area (Å²) in [6.45, 7) is 7.32. The Bertz CT molecular complexity index is 707. The van der Waals surface area contributed by atoms with Crippen LogP contribution < -0.4 is 21.1 Å². The fraction of sp³-hybridized carbons (Fsp3) is 0.571. The van der Waals surface area contributed by atoms with E-state index in [2.05, 4.69) is 10.6 Å². The van der Waals surface area contributed by atoms with Gasteiger partial charge < -0.3 is 31.3 Å². The van der Waals surface area contributed by atoms with Gasteiger partial charge in [-0.1, -0.05) is 32.4 Å². The second-order valence-electron chi connectivity index (χ2n) is 7.32. The van der Waals surface area contributed by atoms with E-state index in [-0.39, 0.29) is 12.3 Å². The molecule has 0 radical (unpaired) electrons. The van der Waals surface area contributed by atoms with Gasteiger partial charge in [0.15, 0.2) is 6.04 Å². The molecule has 0 spiro atoms. The minimum atomic E-state index is -1.47. The minimum Gasteiger partial charge on any atom is -0.494 e. The number of ether oxygens (including phenoxy) is 1. The SMILES string of the molecule is CCOc1ccc(C[C@@H](N)C(=O)N[C@H](C(=O)N[C@H](C(=O)O)[C@@H](C)O)[C@@H](C)CC)cc1. The molecule has 168 valence electrons. The molecule has 6 N–H and O–H groups in total. The van der Waals surface area contributed by atoms with Crippen molar-refractivity contribution >= 4 is 17.8 Å². The van der Waals surface area contributed by atoms with Crippen molar-refractivity contribution in [1.29, 1.82) is 0 Å². The Labute approximate surface area is 177 Å². The zero-order valence-corrected chi connectivity index (χ0v) is 17.9. The van der Waals surface area contributed by atoms with Gasteiger partial charge in [0.05, 0.1) is 18.8 Å². The maximum absolute atomic E-state index is 12.6. The summed E-state index contributed by atoms with van der Waals surface area (Å²) in [5, 5.41) is 23.7. The predicted octanol–water partition coefficient (Wildman–Crippen LogP) is 0.436. The van der Waals surface area contributed by atoms with Crippen LogP contribution in [-0.2, 0) is 20.8 Å². The van der Waals surface area contributed by atoms with Crippen LogP contribution in [0.4, 0.5) is 0 Å². The van der Waals surface area contributed by atoms with Crippen LogP contribution in [0.1, 0.15) is 39.7 Å². The molecule has 0 saturated carbocycles. The second-order valence-corrected chi connectivity index (χ2v) is 7.32. The fourth-order valence-corrected chi connectivity index (χ4v) is 2.83. The van der Waals surface area contributed by atoms with E-state index in [1.165, 1.54) is 6.92 Å². The Balaban J connectivity index is 2.81. The van der Waals surface area contributed by atoms with E-state index in [0.29, 0.717) is 13.0 Å². The van der Waals surface area contributed by atoms with Gasteiger partial charge in [-0.15, -0.1) is 0 Å². The molecule has 0 unspecified atom stereocenters. The molecule has 0 heterocycles. The largest absolute Gasteiger partial charge is 0.494 e. The first kappa shape index (κ1) is 25.4. The summed E-state index contributed by atoms with van der Waals surface area (Å²) in [4.78, 5) is 36.5. The molecular formula is C21H33N3O6. The molecule has 0 fully saturated rings. The molecule has 9 nitrogen and oxygen atoms in total. The fourth-order valence-electron chi connectivity index (χ4n) is 2.83. The van der Waals surface area contributed by atoms with Gasteiger partial charge in [-0.2, -0.15) is 0 Å². The molecule has 0 aliphatic heterocycles. The van der Waals surface area contributed by atoms with Gasteiger partial charge in [-0.3, -0.25) is 9.59 Å². The summed E-state index contributed by atoms with van der Waals surface area (Å²) in [5.41, 5.74) is 6.86. The number of nitrogens with one attached hydrogen (secondary N) is 2. The van der Waals surface area contributed by atoms with Crippen LogP contribution in [0.2, 0.25) is 0 Å². The van der Waals surface area contributed by atoms with Crippen LogP contribution in [0.3, 0.4) is 0 Å². The van der Waals surface area contributed by atoms with Crippen molar-refractivity contribution in [3.05, 3.63) is 29.8 Å². The van der Waals surface area contributed by atoms with Crippen molar-refractivity contribution in [2.75, 3.05) is 6.61 Å². The van der Waals surface area contributed by atoms with E-state index in [1.807, 2.05) is 26.0 Å². The highest BCUT2D eigenvalue weighted by atomic mass is 16.5. The summed E-state index contributed by atoms with van der Waals surface area (Å²) in [7, 11) is 0. The lowest BCUT2D eigenvalue weighted by Crippen LogP contribution is -2.58. The topological polar surface area (TPSA) is 151 Å². The lowest BCUT2D eigenvalue weighted by atomic mass is 9.96. The van der Waals surface area contributed by atoms with Gasteiger partial charge in [-0.25, -0.2) is 4.79 Å². The Morgan fingerprint density at radius 1 is 1.03 bits per heavy atom. The first-order valence-electron chi connectivity index (χ1n) is 10.1. The monoisotopic (exact) mass is 423 g/mol. The van der Waals surface area contributed by atoms with E-state index in [0.717, 1.165) is 11.3 Å². The minimum absolute atomic E-state index is 0.262. The van der Waals surface area contributed by atoms with Crippen molar-refractivity contribution in [2.45, 2.75) is 64.8 Å². The molecule has 0 saturated heterocycles. The number of carboxylic acids is 1. The molecule has 5 atom stereocenters. The zero-order chi connectivity index (χ0) is 22.8. The number of carboxylic acid groups (broad SMARTS) is 1. The van der Waals surface area contributed by atoms with E-state index in [9.17, 15) is 19.5 Å². The number of carbonyl (C=O) groups excluding carboxylic acids is 2. The predicted molar refractivity (Wildman–Crippen MR) is 112 cm³/mol. The van der Waals surface area contributed by atoms with Crippen LogP contribution in [0.25, 0.3) is 0 Å². The highest BCUT2D eigenvalue weighted by molar-refractivity contribution is 5.92. The third-order valence-electron chi connectivity index (χ3n) is 4.87. The molecule has 1 rings (SSSR count). The number of carbonyl (C=O) groups is 3. The molecule has 1 aromatic carbocycles. The molecule has 0 aliphatic rings. The van der Waals surface area contributed by atoms with Gasteiger partial charge >= 0.3 is 5.97 Å². The highest BCUT2D eigenvalue weighted by Gasteiger charge is 2.32. The third-order valence-corrected chi connectivity index (χ3v) is 4.87. The number of hydrogen-bond donors (Lipinski definition) is 5. The number of benzene rings is 1. The molecule has 9 heteroatoms. The van der Waals surface area contributed by atoms with Gasteiger partial charge in [0.1, 0.15) is 11.8 Å². The van der Waals surface area contributed by atoms with Crippen LogP contribution in [0, 0.1) is 5.92 Å². The van der Waals surface area contributed by atoms with Crippen molar-refractivity contribution in [3.8, 4) is 5.75 Å². The molecular weight excluding hydrogens is 390 g/mol. The lowest BCUT2D eigenvalue weighted by Gasteiger charge is -2.27. The number of nitrogens with two attached hydrogens (primary N) is 1. The number of rotatable bonds is 12. The first-order chi connectivity index (χ1) is 14.1. The van der Waals surface area contributed by atoms with Crippen molar-refractivity contribution in [3.63, 3.8) is 0 Å². The maximum atomic E-state index is 12.6. The zero-order valence-electron chi connectivity index (χ0n) is 17.9. The number of hydrogen-bond acceptors (Lipinski definition) is 6. The number of aliphatic hydroxyl groups is 1. The average molecular weight is 424 g/mol. The van der Waals surface area contributed by atoms with Gasteiger partial charge in [-0.05, 0) is 43.9 Å². The Kier molecular flexibility index (Phi) is 10.3. The Hall–Kier alpha value is -2.65. The lowest BCUT2D eigenvalue weighted by molar-refractivity contribution is -0.145. The maximum Gasteiger partial charge on any atom is 0.328 e. The van der Waals surface area contributed by atoms with Crippen molar-refractivity contribution in [1.82, 2.24) is 10.6 Å². The van der Waals surface area contributed by atoms with Crippen LogP contribution in [0.5, 0.6) is 5.75 Å². The highest BCUT2D eigenvalue weighted by Crippen LogP contribution is 2.14. The van der Waals surface area contributed by atoms with Crippen molar-refractivity contribution in [2.24, 2.45) is 11.7 Å². The summed E-state index contributed by atoms with van der Waals surface area (Å²) >= 11 is 0. The molecule has 30 heavy (non-hydrogen) atoms. The Morgan fingerprint density at radius 2 is 1.60 bits per heavy atom. The van der Waals surface area contributed by atoms with Crippen LogP contribution >= 0.6 is 0 Å². The van der Waals surface area contributed by atoms with Gasteiger partial charge in [0.2, 0.25) is 11.8 Å². The standard InChI is InChI=1S/C21H33N3O6/c1-5-12(3)17(20(27)24-18(13(4)25)21(28)29)23-19(26)16(22)11-14-7-9-15(10-8-14)30-6-2/h7-10,12-13,16-18,25H,5-6,11,22H2,1-4H3,(H,23,26)(H,24,27)(H,28,29)/t12-,13+,16+,17-,18-/m0/s1. The quantitative estimate of drug-likeness (QED) is 0.327. The first-order valence-corrected chi connectivity index (χ1v) is 10.1. The number of aliphatic hydroxyl groups excluding tert-OH is 1. The molecule has 2 amide bonds. The number of amides is 2. The number of aliphatic carboxylic acids is 1. The van der Waals surface area contributed by atoms with E-state index >= 15 is 0 Å². The van der Waals surface area contributed by atoms with Crippen LogP contribution in [0.15, 0.2) is 24.3 Å². The van der Waals surface area contributed by atoms with Gasteiger partial charge in [0.25, 0.3) is 0 Å².